The normalized spacial score (nSPS) is 11.4. The number of allylic oxidation sites excluding steroid dienone is 1. The molecule has 0 aliphatic heterocycles. The molecule has 3 nitrogen and oxygen atoms in total. The van der Waals surface area contributed by atoms with Crippen molar-refractivity contribution in [2.24, 2.45) is 5.73 Å². The molecule has 0 aliphatic rings. The lowest BCUT2D eigenvalue weighted by Gasteiger charge is -2.20. The smallest absolute Gasteiger partial charge is 0.320 e. The summed E-state index contributed by atoms with van der Waals surface area (Å²) in [6.07, 6.45) is -0.130. The van der Waals surface area contributed by atoms with Crippen LogP contribution in [-0.2, 0) is 4.79 Å². The molecule has 1 unspecified atom stereocenters. The first kappa shape index (κ1) is 35.1. The lowest BCUT2D eigenvalue weighted by Crippen LogP contribution is -2.31. The van der Waals surface area contributed by atoms with Crippen molar-refractivity contribution in [3.63, 3.8) is 0 Å². The molecule has 1 rings (SSSR count). The van der Waals surface area contributed by atoms with E-state index < -0.39 is 17.9 Å². The number of nitrogens with two attached hydrogens (primary N) is 1. The van der Waals surface area contributed by atoms with Gasteiger partial charge in [0.25, 0.3) is 5.92 Å². The first-order chi connectivity index (χ1) is 13.6. The highest BCUT2D eigenvalue weighted by atomic mass is 31.1. The van der Waals surface area contributed by atoms with E-state index in [1.54, 1.807) is 31.2 Å². The number of carbonyl (C=O) groups is 1. The van der Waals surface area contributed by atoms with E-state index >= 15 is 0 Å². The Kier molecular flexibility index (Phi) is 25.9. The molecule has 0 bridgehead atoms. The number of rotatable bonds is 5. The van der Waals surface area contributed by atoms with Gasteiger partial charge in [-0.3, -0.25) is 4.79 Å². The van der Waals surface area contributed by atoms with Crippen LogP contribution in [0.2, 0.25) is 0 Å². The summed E-state index contributed by atoms with van der Waals surface area (Å²) < 4.78 is 27.2. The van der Waals surface area contributed by atoms with Gasteiger partial charge in [0, 0.05) is 6.92 Å². The Labute approximate surface area is 180 Å². The van der Waals surface area contributed by atoms with Gasteiger partial charge in [-0.25, -0.2) is 8.78 Å². The van der Waals surface area contributed by atoms with E-state index in [-0.39, 0.29) is 12.0 Å². The lowest BCUT2D eigenvalue weighted by molar-refractivity contribution is -0.138. The predicted molar refractivity (Wildman–Crippen MR) is 129 cm³/mol. The van der Waals surface area contributed by atoms with Crippen molar-refractivity contribution in [2.45, 2.75) is 80.7 Å². The third-order valence-electron chi connectivity index (χ3n) is 3.32. The van der Waals surface area contributed by atoms with Crippen LogP contribution in [0.25, 0.3) is 5.57 Å². The Hall–Kier alpha value is -1.32. The molecule has 0 amide bonds. The van der Waals surface area contributed by atoms with Crippen molar-refractivity contribution in [2.75, 3.05) is 13.3 Å². The molecular formula is C23H44F2NO2P. The Bertz CT molecular complexity index is 556. The number of halogens is 2. The maximum Gasteiger partial charge on any atom is 0.320 e. The molecule has 29 heavy (non-hydrogen) atoms. The van der Waals surface area contributed by atoms with Gasteiger partial charge in [-0.1, -0.05) is 65.8 Å². The number of aryl methyl sites for hydroxylation is 1. The van der Waals surface area contributed by atoms with E-state index in [9.17, 15) is 13.6 Å². The zero-order valence-electron chi connectivity index (χ0n) is 20.3. The third-order valence-corrected chi connectivity index (χ3v) is 3.32. The quantitative estimate of drug-likeness (QED) is 0.480. The fraction of sp³-hybridized carbons (Fsp3) is 0.609. The Morgan fingerprint density at radius 2 is 1.48 bits per heavy atom. The zero-order chi connectivity index (χ0) is 24.2. The molecule has 0 aromatic heterocycles. The van der Waals surface area contributed by atoms with Crippen LogP contribution in [0.15, 0.2) is 29.8 Å². The average Bonchev–Trinajstić information content (AvgIpc) is 2.70. The van der Waals surface area contributed by atoms with Gasteiger partial charge in [0.1, 0.15) is 6.04 Å². The second-order valence-corrected chi connectivity index (χ2v) is 6.46. The fourth-order valence-corrected chi connectivity index (χ4v) is 1.95. The van der Waals surface area contributed by atoms with Crippen molar-refractivity contribution in [1.82, 2.24) is 0 Å². The van der Waals surface area contributed by atoms with Crippen molar-refractivity contribution < 1.29 is 18.7 Å². The molecular weight excluding hydrogens is 391 g/mol. The molecule has 0 aliphatic carbocycles. The lowest BCUT2D eigenvalue weighted by atomic mass is 9.89. The molecule has 172 valence electrons. The minimum absolute atomic E-state index is 0.130. The van der Waals surface area contributed by atoms with Crippen LogP contribution >= 0.6 is 8.58 Å². The van der Waals surface area contributed by atoms with Gasteiger partial charge in [-0.05, 0) is 55.9 Å². The number of alkyl halides is 2. The maximum absolute atomic E-state index is 13.6. The van der Waals surface area contributed by atoms with Crippen molar-refractivity contribution in [3.8, 4) is 0 Å². The molecule has 0 spiro atoms. The molecule has 0 heterocycles. The second kappa shape index (κ2) is 21.4. The van der Waals surface area contributed by atoms with E-state index in [2.05, 4.69) is 13.3 Å². The summed E-state index contributed by atoms with van der Waals surface area (Å²) in [6, 6.07) is 5.82. The number of aliphatic carboxylic acids is 1. The van der Waals surface area contributed by atoms with E-state index in [1.165, 1.54) is 6.92 Å². The molecule has 0 fully saturated rings. The number of hydrogen-bond donors (Lipinski definition) is 2. The van der Waals surface area contributed by atoms with Gasteiger partial charge in [0.2, 0.25) is 0 Å². The fourth-order valence-electron chi connectivity index (χ4n) is 1.95. The van der Waals surface area contributed by atoms with Gasteiger partial charge < -0.3 is 10.8 Å². The number of hydrogen-bond acceptors (Lipinski definition) is 2. The standard InChI is InChI=1S/C15H19F2NO2.C2H7P.3C2H6/c1-9-6-4-5-7-11(9)12(8-13(18)14(19)20)10(2)15(3,16)17;1-3-2;3*1-2/h4-7,13H,8,18H2,1-3H3,(H,19,20);3H,1-2H3;3*1-2H3/b12-10+;;;;. The Morgan fingerprint density at radius 3 is 1.79 bits per heavy atom. The summed E-state index contributed by atoms with van der Waals surface area (Å²) in [7, 11) is 1.08. The number of carboxylic acid groups (broad SMARTS) is 1. The monoisotopic (exact) mass is 435 g/mol. The van der Waals surface area contributed by atoms with Crippen LogP contribution < -0.4 is 5.73 Å². The summed E-state index contributed by atoms with van der Waals surface area (Å²) >= 11 is 0. The number of benzene rings is 1. The second-order valence-electron chi connectivity index (χ2n) is 5.46. The minimum Gasteiger partial charge on any atom is -0.480 e. The zero-order valence-corrected chi connectivity index (χ0v) is 21.3. The van der Waals surface area contributed by atoms with Crippen LogP contribution in [0.3, 0.4) is 0 Å². The molecule has 1 aromatic rings. The summed E-state index contributed by atoms with van der Waals surface area (Å²) in [4.78, 5) is 10.9. The highest BCUT2D eigenvalue weighted by molar-refractivity contribution is 7.35. The molecule has 1 aromatic carbocycles. The van der Waals surface area contributed by atoms with E-state index in [0.717, 1.165) is 21.1 Å². The van der Waals surface area contributed by atoms with Crippen LogP contribution in [0.4, 0.5) is 8.78 Å². The highest BCUT2D eigenvalue weighted by Crippen LogP contribution is 2.34. The van der Waals surface area contributed by atoms with Crippen molar-refractivity contribution >= 4 is 20.1 Å². The van der Waals surface area contributed by atoms with Gasteiger partial charge in [-0.2, -0.15) is 0 Å². The van der Waals surface area contributed by atoms with Crippen LogP contribution in [-0.4, -0.2) is 36.4 Å². The maximum atomic E-state index is 13.6. The van der Waals surface area contributed by atoms with Crippen molar-refractivity contribution in [1.29, 1.82) is 0 Å². The number of carboxylic acids is 1. The Morgan fingerprint density at radius 1 is 1.10 bits per heavy atom. The molecule has 3 N–H and O–H groups in total. The van der Waals surface area contributed by atoms with E-state index in [1.807, 2.05) is 41.5 Å². The highest BCUT2D eigenvalue weighted by Gasteiger charge is 2.29. The average molecular weight is 436 g/mol. The molecule has 6 heteroatoms. The van der Waals surface area contributed by atoms with E-state index in [0.29, 0.717) is 11.1 Å². The SMILES string of the molecule is C/C(=C(/CC(N)C(=O)O)c1ccccc1C)C(C)(F)F.CC.CC.CC.CPC. The Balaban J connectivity index is -0.000000301. The van der Waals surface area contributed by atoms with Crippen LogP contribution in [0.5, 0.6) is 0 Å². The van der Waals surface area contributed by atoms with Crippen LogP contribution in [0.1, 0.15) is 72.9 Å². The summed E-state index contributed by atoms with van der Waals surface area (Å²) in [6.45, 7) is 20.2. The first-order valence-corrected chi connectivity index (χ1v) is 12.3. The van der Waals surface area contributed by atoms with Gasteiger partial charge >= 0.3 is 5.97 Å². The van der Waals surface area contributed by atoms with Gasteiger partial charge in [-0.15, -0.1) is 8.58 Å². The largest absolute Gasteiger partial charge is 0.480 e. The predicted octanol–water partition coefficient (Wildman–Crippen LogP) is 7.23. The summed E-state index contributed by atoms with van der Waals surface area (Å²) in [5, 5.41) is 8.90. The van der Waals surface area contributed by atoms with Gasteiger partial charge in [0.15, 0.2) is 0 Å². The molecule has 0 saturated carbocycles. The van der Waals surface area contributed by atoms with Crippen molar-refractivity contribution in [3.05, 3.63) is 41.0 Å². The minimum atomic E-state index is -3.02. The molecule has 1 atom stereocenters. The molecule has 0 radical (unpaired) electrons. The van der Waals surface area contributed by atoms with Crippen LogP contribution in [0, 0.1) is 6.92 Å². The first-order valence-electron chi connectivity index (χ1n) is 10.3. The summed E-state index contributed by atoms with van der Waals surface area (Å²) in [5.41, 5.74) is 7.08. The van der Waals surface area contributed by atoms with Gasteiger partial charge in [0.05, 0.1) is 0 Å². The topological polar surface area (TPSA) is 63.3 Å². The van der Waals surface area contributed by atoms with E-state index in [4.69, 9.17) is 10.8 Å². The third kappa shape index (κ3) is 16.2. The molecule has 0 saturated heterocycles. The summed E-state index contributed by atoms with van der Waals surface area (Å²) in [5.74, 6) is -4.22.